The first-order valence-electron chi connectivity index (χ1n) is 11.0. The molecule has 1 fully saturated rings. The fraction of sp³-hybridized carbons (Fsp3) is 0.522. The first kappa shape index (κ1) is 25.5. The molecule has 3 rings (SSSR count). The molecule has 1 unspecified atom stereocenters. The zero-order valence-corrected chi connectivity index (χ0v) is 19.6. The number of aryl methyl sites for hydroxylation is 2. The van der Waals surface area contributed by atoms with Crippen LogP contribution in [0.5, 0.6) is 5.75 Å². The second-order valence-electron chi connectivity index (χ2n) is 8.45. The summed E-state index contributed by atoms with van der Waals surface area (Å²) in [6, 6.07) is 7.02. The highest BCUT2D eigenvalue weighted by atomic mass is 19.4. The molecule has 1 saturated heterocycles. The maximum Gasteiger partial charge on any atom is 0.573 e. The summed E-state index contributed by atoms with van der Waals surface area (Å²) in [4.78, 5) is 29.2. The van der Waals surface area contributed by atoms with E-state index in [1.165, 1.54) is 33.8 Å². The molecular weight excluding hydrogens is 453 g/mol. The maximum atomic E-state index is 13.2. The van der Waals surface area contributed by atoms with Crippen LogP contribution in [-0.4, -0.2) is 69.5 Å². The molecule has 1 atom stereocenters. The normalized spacial score (nSPS) is 17.3. The van der Waals surface area contributed by atoms with Crippen molar-refractivity contribution >= 4 is 11.8 Å². The van der Waals surface area contributed by atoms with E-state index in [2.05, 4.69) is 9.84 Å². The van der Waals surface area contributed by atoms with Crippen LogP contribution in [0.3, 0.4) is 0 Å². The summed E-state index contributed by atoms with van der Waals surface area (Å²) in [7, 11) is 1.69. The molecule has 0 aliphatic carbocycles. The van der Waals surface area contributed by atoms with Crippen LogP contribution in [0.15, 0.2) is 30.3 Å². The van der Waals surface area contributed by atoms with Gasteiger partial charge in [0, 0.05) is 26.2 Å². The minimum atomic E-state index is -4.76. The minimum absolute atomic E-state index is 0.0764. The molecule has 0 radical (unpaired) electrons. The van der Waals surface area contributed by atoms with Crippen LogP contribution < -0.4 is 4.74 Å². The van der Waals surface area contributed by atoms with E-state index in [-0.39, 0.29) is 43.3 Å². The summed E-state index contributed by atoms with van der Waals surface area (Å²) in [5.74, 6) is -0.807. The molecule has 0 N–H and O–H groups in total. The van der Waals surface area contributed by atoms with Gasteiger partial charge in [0.15, 0.2) is 0 Å². The molecule has 0 bridgehead atoms. The first-order valence-corrected chi connectivity index (χ1v) is 11.0. The van der Waals surface area contributed by atoms with Crippen LogP contribution in [0.4, 0.5) is 13.2 Å². The van der Waals surface area contributed by atoms with E-state index in [1.807, 2.05) is 20.8 Å². The van der Waals surface area contributed by atoms with Gasteiger partial charge in [0.25, 0.3) is 5.91 Å². The highest BCUT2D eigenvalue weighted by molar-refractivity contribution is 5.95. The van der Waals surface area contributed by atoms with Crippen molar-refractivity contribution in [3.63, 3.8) is 0 Å². The van der Waals surface area contributed by atoms with Crippen molar-refractivity contribution in [3.05, 3.63) is 47.3 Å². The molecule has 11 heteroatoms. The zero-order chi connectivity index (χ0) is 25.0. The third-order valence-electron chi connectivity index (χ3n) is 5.54. The van der Waals surface area contributed by atoms with Gasteiger partial charge in [-0.15, -0.1) is 13.2 Å². The fourth-order valence-corrected chi connectivity index (χ4v) is 3.77. The fourth-order valence-electron chi connectivity index (χ4n) is 3.77. The van der Waals surface area contributed by atoms with E-state index in [9.17, 15) is 22.8 Å². The van der Waals surface area contributed by atoms with E-state index >= 15 is 0 Å². The summed E-state index contributed by atoms with van der Waals surface area (Å²) >= 11 is 0. The lowest BCUT2D eigenvalue weighted by atomic mass is 10.2. The molecule has 1 aromatic carbocycles. The molecule has 0 spiro atoms. The molecule has 2 heterocycles. The summed E-state index contributed by atoms with van der Waals surface area (Å²) < 4.78 is 48.5. The molecule has 8 nitrogen and oxygen atoms in total. The number of carbonyl (C=O) groups is 2. The van der Waals surface area contributed by atoms with Crippen molar-refractivity contribution in [2.45, 2.75) is 52.3 Å². The standard InChI is InChI=1S/C23H29F3N4O4/c1-5-17-10-20(28(4)27-17)22(32)29-11-19(12-30(15(2)3)21(31)13-29)33-14-16-6-8-18(9-7-16)34-23(24,25)26/h6-10,15,19H,5,11-14H2,1-4H3. The molecule has 2 amide bonds. The first-order chi connectivity index (χ1) is 16.0. The van der Waals surface area contributed by atoms with Crippen molar-refractivity contribution in [2.75, 3.05) is 19.6 Å². The van der Waals surface area contributed by atoms with Gasteiger partial charge in [0.2, 0.25) is 5.91 Å². The largest absolute Gasteiger partial charge is 0.573 e. The molecule has 1 aromatic heterocycles. The quantitative estimate of drug-likeness (QED) is 0.606. The Labute approximate surface area is 196 Å². The van der Waals surface area contributed by atoms with Gasteiger partial charge in [-0.2, -0.15) is 5.10 Å². The number of carbonyl (C=O) groups excluding carboxylic acids is 2. The van der Waals surface area contributed by atoms with Crippen molar-refractivity contribution in [1.82, 2.24) is 19.6 Å². The summed E-state index contributed by atoms with van der Waals surface area (Å²) in [5.41, 5.74) is 1.81. The number of alkyl halides is 3. The molecule has 2 aromatic rings. The Balaban J connectivity index is 1.73. The SMILES string of the molecule is CCc1cc(C(=O)N2CC(=O)N(C(C)C)CC(OCc3ccc(OC(F)(F)F)cc3)C2)n(C)n1. The van der Waals surface area contributed by atoms with Gasteiger partial charge >= 0.3 is 6.36 Å². The maximum absolute atomic E-state index is 13.2. The van der Waals surface area contributed by atoms with Crippen molar-refractivity contribution in [2.24, 2.45) is 7.05 Å². The van der Waals surface area contributed by atoms with Gasteiger partial charge < -0.3 is 19.3 Å². The van der Waals surface area contributed by atoms with Crippen LogP contribution in [0, 0.1) is 0 Å². The Morgan fingerprint density at radius 3 is 2.44 bits per heavy atom. The van der Waals surface area contributed by atoms with Gasteiger partial charge in [0.05, 0.1) is 18.4 Å². The summed E-state index contributed by atoms with van der Waals surface area (Å²) in [5, 5.41) is 4.32. The third kappa shape index (κ3) is 6.49. The lowest BCUT2D eigenvalue weighted by Gasteiger charge is -2.27. The van der Waals surface area contributed by atoms with Gasteiger partial charge in [-0.3, -0.25) is 14.3 Å². The Kier molecular flexibility index (Phi) is 7.86. The Morgan fingerprint density at radius 1 is 1.21 bits per heavy atom. The Bertz CT molecular complexity index is 1000. The molecular formula is C23H29F3N4O4. The highest BCUT2D eigenvalue weighted by Crippen LogP contribution is 2.23. The van der Waals surface area contributed by atoms with E-state index < -0.39 is 12.5 Å². The van der Waals surface area contributed by atoms with E-state index in [0.717, 1.165) is 5.69 Å². The second kappa shape index (κ2) is 10.5. The van der Waals surface area contributed by atoms with Crippen molar-refractivity contribution in [3.8, 4) is 5.75 Å². The van der Waals surface area contributed by atoms with E-state index in [1.54, 1.807) is 18.0 Å². The number of benzene rings is 1. The van der Waals surface area contributed by atoms with Crippen LogP contribution in [0.2, 0.25) is 0 Å². The number of nitrogens with zero attached hydrogens (tertiary/aromatic N) is 4. The second-order valence-corrected chi connectivity index (χ2v) is 8.45. The van der Waals surface area contributed by atoms with E-state index in [4.69, 9.17) is 4.74 Å². The van der Waals surface area contributed by atoms with Crippen molar-refractivity contribution < 1.29 is 32.2 Å². The third-order valence-corrected chi connectivity index (χ3v) is 5.54. The average molecular weight is 483 g/mol. The topological polar surface area (TPSA) is 76.9 Å². The number of ether oxygens (including phenoxy) is 2. The molecule has 1 aliphatic rings. The molecule has 186 valence electrons. The predicted molar refractivity (Wildman–Crippen MR) is 117 cm³/mol. The highest BCUT2D eigenvalue weighted by Gasteiger charge is 2.34. The zero-order valence-electron chi connectivity index (χ0n) is 19.6. The molecule has 0 saturated carbocycles. The predicted octanol–water partition coefficient (Wildman–Crippen LogP) is 3.16. The summed E-state index contributed by atoms with van der Waals surface area (Å²) in [6.45, 7) is 6.23. The molecule has 34 heavy (non-hydrogen) atoms. The number of aromatic nitrogens is 2. The minimum Gasteiger partial charge on any atom is -0.406 e. The van der Waals surface area contributed by atoms with Crippen LogP contribution in [-0.2, 0) is 29.6 Å². The number of amides is 2. The van der Waals surface area contributed by atoms with Gasteiger partial charge in [-0.05, 0) is 44.0 Å². The van der Waals surface area contributed by atoms with Gasteiger partial charge in [-0.1, -0.05) is 19.1 Å². The lowest BCUT2D eigenvalue weighted by Crippen LogP contribution is -2.42. The van der Waals surface area contributed by atoms with Crippen LogP contribution >= 0.6 is 0 Å². The number of halogens is 3. The Morgan fingerprint density at radius 2 is 1.88 bits per heavy atom. The van der Waals surface area contributed by atoms with Crippen molar-refractivity contribution in [1.29, 1.82) is 0 Å². The van der Waals surface area contributed by atoms with Gasteiger partial charge in [0.1, 0.15) is 18.0 Å². The van der Waals surface area contributed by atoms with E-state index in [0.29, 0.717) is 24.2 Å². The lowest BCUT2D eigenvalue weighted by molar-refractivity contribution is -0.274. The Hall–Kier alpha value is -3.08. The smallest absolute Gasteiger partial charge is 0.406 e. The number of hydrogen-bond donors (Lipinski definition) is 0. The number of rotatable bonds is 7. The van der Waals surface area contributed by atoms with Crippen LogP contribution in [0.25, 0.3) is 0 Å². The monoisotopic (exact) mass is 482 g/mol. The summed E-state index contributed by atoms with van der Waals surface area (Å²) in [6.07, 6.45) is -4.56. The molecule has 1 aliphatic heterocycles. The average Bonchev–Trinajstić information content (AvgIpc) is 3.05. The van der Waals surface area contributed by atoms with Gasteiger partial charge in [-0.25, -0.2) is 0 Å². The number of hydrogen-bond acceptors (Lipinski definition) is 5. The van der Waals surface area contributed by atoms with Crippen LogP contribution in [0.1, 0.15) is 42.5 Å².